The fourth-order valence-corrected chi connectivity index (χ4v) is 4.26. The molecular formula is C21H26N2O3S. The molecule has 0 aromatic heterocycles. The highest BCUT2D eigenvalue weighted by Crippen LogP contribution is 2.31. The molecule has 144 valence electrons. The van der Waals surface area contributed by atoms with Crippen LogP contribution in [0.2, 0.25) is 0 Å². The van der Waals surface area contributed by atoms with Crippen LogP contribution in [0.4, 0.5) is 0 Å². The lowest BCUT2D eigenvalue weighted by Crippen LogP contribution is -2.40. The molecule has 1 saturated heterocycles. The molecule has 1 atom stereocenters. The molecule has 1 fully saturated rings. The van der Waals surface area contributed by atoms with E-state index in [9.17, 15) is 14.4 Å². The molecule has 27 heavy (non-hydrogen) atoms. The smallest absolute Gasteiger partial charge is 0.240 e. The SMILES string of the molecule is CC(C)(C)C(=O)/C=C1/SCC(=O)N1CC(=O)N[C@H]1CCCc2ccccc21. The van der Waals surface area contributed by atoms with Gasteiger partial charge in [-0.2, -0.15) is 0 Å². The first kappa shape index (κ1) is 19.7. The number of hydrogen-bond donors (Lipinski definition) is 1. The Kier molecular flexibility index (Phi) is 5.75. The summed E-state index contributed by atoms with van der Waals surface area (Å²) in [6.45, 7) is 5.47. The largest absolute Gasteiger partial charge is 0.348 e. The Bertz CT molecular complexity index is 795. The van der Waals surface area contributed by atoms with Crippen LogP contribution in [-0.4, -0.2) is 34.8 Å². The van der Waals surface area contributed by atoms with Crippen molar-refractivity contribution in [1.82, 2.24) is 10.2 Å². The Morgan fingerprint density at radius 1 is 1.30 bits per heavy atom. The molecule has 1 aromatic rings. The minimum Gasteiger partial charge on any atom is -0.348 e. The molecule has 3 rings (SSSR count). The first-order valence-electron chi connectivity index (χ1n) is 9.32. The molecule has 2 amide bonds. The van der Waals surface area contributed by atoms with Crippen molar-refractivity contribution in [3.63, 3.8) is 0 Å². The number of hydrogen-bond acceptors (Lipinski definition) is 4. The Morgan fingerprint density at radius 2 is 2.04 bits per heavy atom. The average molecular weight is 387 g/mol. The second-order valence-electron chi connectivity index (χ2n) is 8.08. The molecule has 0 saturated carbocycles. The van der Waals surface area contributed by atoms with E-state index in [-0.39, 0.29) is 35.9 Å². The molecule has 2 aliphatic rings. The van der Waals surface area contributed by atoms with Crippen LogP contribution in [0.3, 0.4) is 0 Å². The van der Waals surface area contributed by atoms with Crippen LogP contribution in [-0.2, 0) is 20.8 Å². The maximum absolute atomic E-state index is 12.6. The number of carbonyl (C=O) groups is 3. The summed E-state index contributed by atoms with van der Waals surface area (Å²) in [5.41, 5.74) is 1.93. The van der Waals surface area contributed by atoms with E-state index in [2.05, 4.69) is 17.4 Å². The summed E-state index contributed by atoms with van der Waals surface area (Å²) in [4.78, 5) is 38.6. The van der Waals surface area contributed by atoms with Crippen LogP contribution in [0.1, 0.15) is 50.8 Å². The molecule has 1 aliphatic carbocycles. The number of nitrogens with zero attached hydrogens (tertiary/aromatic N) is 1. The molecule has 0 unspecified atom stereocenters. The Hall–Kier alpha value is -2.08. The number of fused-ring (bicyclic) bond motifs is 1. The maximum atomic E-state index is 12.6. The zero-order valence-corrected chi connectivity index (χ0v) is 16.9. The number of amides is 2. The van der Waals surface area contributed by atoms with Crippen molar-refractivity contribution in [3.8, 4) is 0 Å². The third-order valence-corrected chi connectivity index (χ3v) is 5.94. The fourth-order valence-electron chi connectivity index (χ4n) is 3.32. The van der Waals surface area contributed by atoms with Gasteiger partial charge in [0.1, 0.15) is 6.54 Å². The van der Waals surface area contributed by atoms with Crippen LogP contribution >= 0.6 is 11.8 Å². The van der Waals surface area contributed by atoms with E-state index < -0.39 is 5.41 Å². The van der Waals surface area contributed by atoms with Crippen LogP contribution < -0.4 is 5.32 Å². The number of carbonyl (C=O) groups excluding carboxylic acids is 3. The summed E-state index contributed by atoms with van der Waals surface area (Å²) in [7, 11) is 0. The van der Waals surface area contributed by atoms with E-state index >= 15 is 0 Å². The summed E-state index contributed by atoms with van der Waals surface area (Å²) >= 11 is 1.32. The number of nitrogens with one attached hydrogen (secondary N) is 1. The van der Waals surface area contributed by atoms with Crippen molar-refractivity contribution >= 4 is 29.4 Å². The first-order chi connectivity index (χ1) is 12.8. The van der Waals surface area contributed by atoms with E-state index in [4.69, 9.17) is 0 Å². The Balaban J connectivity index is 1.69. The van der Waals surface area contributed by atoms with Crippen molar-refractivity contribution in [2.45, 2.75) is 46.1 Å². The lowest BCUT2D eigenvalue weighted by Gasteiger charge is -2.27. The molecule has 1 heterocycles. The van der Waals surface area contributed by atoms with Crippen molar-refractivity contribution < 1.29 is 14.4 Å². The first-order valence-corrected chi connectivity index (χ1v) is 10.3. The fraction of sp³-hybridized carbons (Fsp3) is 0.476. The van der Waals surface area contributed by atoms with Crippen molar-refractivity contribution in [2.75, 3.05) is 12.3 Å². The van der Waals surface area contributed by atoms with Gasteiger partial charge in [-0.15, -0.1) is 0 Å². The molecule has 1 aromatic carbocycles. The van der Waals surface area contributed by atoms with Crippen LogP contribution in [0.25, 0.3) is 0 Å². The van der Waals surface area contributed by atoms with Gasteiger partial charge in [-0.1, -0.05) is 56.8 Å². The van der Waals surface area contributed by atoms with Gasteiger partial charge in [0.2, 0.25) is 11.8 Å². The van der Waals surface area contributed by atoms with Gasteiger partial charge >= 0.3 is 0 Å². The lowest BCUT2D eigenvalue weighted by atomic mass is 9.88. The number of ketones is 1. The van der Waals surface area contributed by atoms with Gasteiger partial charge in [0.25, 0.3) is 0 Å². The van der Waals surface area contributed by atoms with Gasteiger partial charge in [-0.05, 0) is 30.4 Å². The number of rotatable bonds is 4. The molecule has 1 N–H and O–H groups in total. The van der Waals surface area contributed by atoms with Gasteiger partial charge in [0.15, 0.2) is 5.78 Å². The summed E-state index contributed by atoms with van der Waals surface area (Å²) in [6.07, 6.45) is 4.46. The summed E-state index contributed by atoms with van der Waals surface area (Å²) in [5, 5.41) is 3.64. The zero-order valence-electron chi connectivity index (χ0n) is 16.1. The molecule has 6 heteroatoms. The molecule has 0 bridgehead atoms. The van der Waals surface area contributed by atoms with Gasteiger partial charge < -0.3 is 5.32 Å². The van der Waals surface area contributed by atoms with E-state index in [0.29, 0.717) is 5.03 Å². The number of benzene rings is 1. The maximum Gasteiger partial charge on any atom is 0.240 e. The van der Waals surface area contributed by atoms with Crippen molar-refractivity contribution in [2.24, 2.45) is 5.41 Å². The van der Waals surface area contributed by atoms with Crippen molar-refractivity contribution in [3.05, 3.63) is 46.5 Å². The highest BCUT2D eigenvalue weighted by Gasteiger charge is 2.31. The topological polar surface area (TPSA) is 66.5 Å². The second-order valence-corrected chi connectivity index (χ2v) is 9.07. The van der Waals surface area contributed by atoms with E-state index in [1.54, 1.807) is 0 Å². The minimum absolute atomic E-state index is 0.0172. The molecule has 5 nitrogen and oxygen atoms in total. The second kappa shape index (κ2) is 7.89. The minimum atomic E-state index is -0.515. The monoisotopic (exact) mass is 386 g/mol. The summed E-state index contributed by atoms with van der Waals surface area (Å²) in [6, 6.07) is 8.16. The van der Waals surface area contributed by atoms with Crippen LogP contribution in [0.5, 0.6) is 0 Å². The van der Waals surface area contributed by atoms with E-state index in [0.717, 1.165) is 24.8 Å². The molecule has 0 radical (unpaired) electrons. The zero-order chi connectivity index (χ0) is 19.6. The standard InChI is InChI=1S/C21H26N2O3S/c1-21(2,3)17(24)11-20-23(19(26)13-27-20)12-18(25)22-16-10-6-8-14-7-4-5-9-15(14)16/h4-5,7,9,11,16H,6,8,10,12-13H2,1-3H3,(H,22,25)/b20-11+/t16-/m0/s1. The summed E-state index contributed by atoms with van der Waals surface area (Å²) in [5.74, 6) is -0.108. The normalized spacial score (nSPS) is 21.3. The van der Waals surface area contributed by atoms with Crippen LogP contribution in [0.15, 0.2) is 35.4 Å². The number of allylic oxidation sites excluding steroid dienone is 1. The molecule has 1 aliphatic heterocycles. The molecule has 0 spiro atoms. The quantitative estimate of drug-likeness (QED) is 0.807. The highest BCUT2D eigenvalue weighted by molar-refractivity contribution is 8.04. The third kappa shape index (κ3) is 4.61. The molecular weight excluding hydrogens is 360 g/mol. The van der Waals surface area contributed by atoms with Crippen LogP contribution in [0, 0.1) is 5.41 Å². The Morgan fingerprint density at radius 3 is 2.78 bits per heavy atom. The summed E-state index contributed by atoms with van der Waals surface area (Å²) < 4.78 is 0. The van der Waals surface area contributed by atoms with Gasteiger partial charge in [-0.25, -0.2) is 0 Å². The predicted octanol–water partition coefficient (Wildman–Crippen LogP) is 3.21. The van der Waals surface area contributed by atoms with E-state index in [1.807, 2.05) is 32.9 Å². The van der Waals surface area contributed by atoms with E-state index in [1.165, 1.54) is 28.3 Å². The number of thioether (sulfide) groups is 1. The third-order valence-electron chi connectivity index (χ3n) is 4.91. The van der Waals surface area contributed by atoms with Gasteiger partial charge in [0.05, 0.1) is 16.8 Å². The Labute approximate surface area is 164 Å². The highest BCUT2D eigenvalue weighted by atomic mass is 32.2. The predicted molar refractivity (Wildman–Crippen MR) is 107 cm³/mol. The van der Waals surface area contributed by atoms with Crippen molar-refractivity contribution in [1.29, 1.82) is 0 Å². The lowest BCUT2D eigenvalue weighted by molar-refractivity contribution is -0.131. The number of aryl methyl sites for hydroxylation is 1. The average Bonchev–Trinajstić information content (AvgIpc) is 2.94. The van der Waals surface area contributed by atoms with Gasteiger partial charge in [-0.3, -0.25) is 19.3 Å². The van der Waals surface area contributed by atoms with Gasteiger partial charge in [0, 0.05) is 11.5 Å².